The number of carbonyl (C=O) groups is 1. The maximum absolute atomic E-state index is 12.2. The quantitative estimate of drug-likeness (QED) is 0.758. The molecule has 8 heteroatoms. The second-order valence-corrected chi connectivity index (χ2v) is 9.14. The van der Waals surface area contributed by atoms with Crippen LogP contribution in [-0.4, -0.2) is 42.6 Å². The fourth-order valence-electron chi connectivity index (χ4n) is 2.04. The average molecular weight is 389 g/mol. The van der Waals surface area contributed by atoms with Crippen LogP contribution in [-0.2, 0) is 0 Å². The van der Waals surface area contributed by atoms with Crippen LogP contribution in [0.1, 0.15) is 10.4 Å². The standard InChI is InChI=1S/C14H17AsN2O4.ClH/c1-15(2)17-8-11(14(19)20)13(18)10-4-3-9(7-12(10)17)21-6-5-16;/h3-4,7-8H,5-6,16H2,1-2H3,(H,19,20);1H. The van der Waals surface area contributed by atoms with Crippen molar-refractivity contribution in [3.63, 3.8) is 0 Å². The van der Waals surface area contributed by atoms with Gasteiger partial charge < -0.3 is 0 Å². The smallest absolute Gasteiger partial charge is 0.147 e. The summed E-state index contributed by atoms with van der Waals surface area (Å²) in [5.74, 6) is -0.574. The number of nitrogens with two attached hydrogens (primary N) is 1. The van der Waals surface area contributed by atoms with E-state index in [0.717, 1.165) is 0 Å². The zero-order valence-electron chi connectivity index (χ0n) is 12.3. The summed E-state index contributed by atoms with van der Waals surface area (Å²) < 4.78 is 7.38. The van der Waals surface area contributed by atoms with Crippen molar-refractivity contribution in [2.24, 2.45) is 5.73 Å². The summed E-state index contributed by atoms with van der Waals surface area (Å²) in [5, 5.41) is 9.57. The third kappa shape index (κ3) is 3.63. The van der Waals surface area contributed by atoms with Crippen LogP contribution in [0.25, 0.3) is 10.9 Å². The summed E-state index contributed by atoms with van der Waals surface area (Å²) >= 11 is -1.45. The monoisotopic (exact) mass is 388 g/mol. The van der Waals surface area contributed by atoms with Gasteiger partial charge in [-0.15, -0.1) is 12.4 Å². The van der Waals surface area contributed by atoms with Crippen LogP contribution in [0.4, 0.5) is 0 Å². The molecular weight excluding hydrogens is 371 g/mol. The van der Waals surface area contributed by atoms with Gasteiger partial charge in [0.2, 0.25) is 0 Å². The van der Waals surface area contributed by atoms with E-state index in [9.17, 15) is 9.59 Å². The Bertz CT molecular complexity index is 745. The average Bonchev–Trinajstić information content (AvgIpc) is 2.44. The van der Waals surface area contributed by atoms with E-state index in [1.165, 1.54) is 6.20 Å². The van der Waals surface area contributed by atoms with E-state index in [0.29, 0.717) is 29.8 Å². The molecule has 0 saturated heterocycles. The molecule has 0 aliphatic heterocycles. The number of fused-ring (bicyclic) bond motifs is 1. The van der Waals surface area contributed by atoms with E-state index < -0.39 is 26.3 Å². The van der Waals surface area contributed by atoms with Crippen LogP contribution in [0.5, 0.6) is 5.75 Å². The van der Waals surface area contributed by atoms with E-state index in [2.05, 4.69) is 11.4 Å². The molecule has 1 aromatic heterocycles. The number of benzene rings is 1. The molecule has 22 heavy (non-hydrogen) atoms. The number of rotatable bonds is 5. The van der Waals surface area contributed by atoms with Gasteiger partial charge in [-0.1, -0.05) is 0 Å². The second kappa shape index (κ2) is 7.67. The number of carboxylic acids is 1. The Morgan fingerprint density at radius 1 is 1.41 bits per heavy atom. The van der Waals surface area contributed by atoms with Crippen molar-refractivity contribution in [1.82, 2.24) is 3.48 Å². The Balaban J connectivity index is 0.00000242. The molecule has 0 bridgehead atoms. The summed E-state index contributed by atoms with van der Waals surface area (Å²) in [6.07, 6.45) is 1.44. The molecule has 6 nitrogen and oxygen atoms in total. The van der Waals surface area contributed by atoms with Gasteiger partial charge in [-0.05, 0) is 0 Å². The van der Waals surface area contributed by atoms with Gasteiger partial charge in [0.1, 0.15) is 0 Å². The first-order valence-electron chi connectivity index (χ1n) is 6.39. The van der Waals surface area contributed by atoms with Crippen LogP contribution in [0.3, 0.4) is 0 Å². The fourth-order valence-corrected chi connectivity index (χ4v) is 4.02. The zero-order chi connectivity index (χ0) is 15.6. The molecular formula is C14H18AsClN2O4. The van der Waals surface area contributed by atoms with Crippen molar-refractivity contribution in [3.05, 3.63) is 40.2 Å². The van der Waals surface area contributed by atoms with Crippen molar-refractivity contribution in [2.45, 2.75) is 11.4 Å². The molecule has 2 aromatic rings. The second-order valence-electron chi connectivity index (χ2n) is 4.68. The molecule has 0 spiro atoms. The first kappa shape index (κ1) is 18.6. The molecule has 0 fully saturated rings. The minimum absolute atomic E-state index is 0. The number of hydrogen-bond acceptors (Lipinski definition) is 4. The molecule has 0 amide bonds. The van der Waals surface area contributed by atoms with Crippen LogP contribution < -0.4 is 15.9 Å². The maximum atomic E-state index is 12.2. The van der Waals surface area contributed by atoms with Gasteiger partial charge in [-0.3, -0.25) is 0 Å². The predicted octanol–water partition coefficient (Wildman–Crippen LogP) is 1.56. The molecule has 3 N–H and O–H groups in total. The summed E-state index contributed by atoms with van der Waals surface area (Å²) in [6, 6.07) is 5.05. The molecule has 0 aliphatic carbocycles. The van der Waals surface area contributed by atoms with Gasteiger partial charge in [0, 0.05) is 0 Å². The molecule has 120 valence electrons. The number of pyridine rings is 1. The van der Waals surface area contributed by atoms with E-state index in [-0.39, 0.29) is 18.0 Å². The maximum Gasteiger partial charge on any atom is -0.147 e. The molecule has 0 saturated carbocycles. The van der Waals surface area contributed by atoms with Gasteiger partial charge in [-0.25, -0.2) is 0 Å². The molecule has 2 rings (SSSR count). The first-order valence-corrected chi connectivity index (χ1v) is 11.0. The number of carboxylic acid groups (broad SMARTS) is 1. The Hall–Kier alpha value is -1.49. The Morgan fingerprint density at radius 2 is 2.09 bits per heavy atom. The molecule has 0 atom stereocenters. The Kier molecular flexibility index (Phi) is 6.47. The van der Waals surface area contributed by atoms with Crippen LogP contribution >= 0.6 is 12.4 Å². The van der Waals surface area contributed by atoms with Crippen molar-refractivity contribution >= 4 is 44.2 Å². The molecule has 0 radical (unpaired) electrons. The molecule has 0 aliphatic rings. The minimum atomic E-state index is -1.45. The SMILES string of the molecule is C[As](C)n1cc(C(=O)O)c(=O)c2ccc(OCCN)cc21.Cl. The van der Waals surface area contributed by atoms with Crippen molar-refractivity contribution < 1.29 is 14.6 Å². The van der Waals surface area contributed by atoms with Crippen molar-refractivity contribution in [3.8, 4) is 5.75 Å². The topological polar surface area (TPSA) is 94.5 Å². The van der Waals surface area contributed by atoms with Gasteiger partial charge in [-0.2, -0.15) is 0 Å². The van der Waals surface area contributed by atoms with E-state index in [4.69, 9.17) is 15.6 Å². The molecule has 0 unspecified atom stereocenters. The normalized spacial score (nSPS) is 10.5. The summed E-state index contributed by atoms with van der Waals surface area (Å²) in [7, 11) is 0. The number of halogens is 1. The Morgan fingerprint density at radius 3 is 2.64 bits per heavy atom. The van der Waals surface area contributed by atoms with Crippen LogP contribution in [0.15, 0.2) is 29.2 Å². The summed E-state index contributed by atoms with van der Waals surface area (Å²) in [6.45, 7) is 0.796. The third-order valence-corrected chi connectivity index (χ3v) is 5.51. The first-order chi connectivity index (χ1) is 9.95. The van der Waals surface area contributed by atoms with Gasteiger partial charge >= 0.3 is 126 Å². The molecule has 1 heterocycles. The van der Waals surface area contributed by atoms with E-state index in [1.807, 2.05) is 3.48 Å². The Labute approximate surface area is 138 Å². The predicted molar refractivity (Wildman–Crippen MR) is 89.8 cm³/mol. The van der Waals surface area contributed by atoms with Crippen molar-refractivity contribution in [1.29, 1.82) is 0 Å². The number of aromatic nitrogens is 1. The number of nitrogens with zero attached hydrogens (tertiary/aromatic N) is 1. The third-order valence-electron chi connectivity index (χ3n) is 3.00. The number of aromatic carboxylic acids is 1. The zero-order valence-corrected chi connectivity index (χ0v) is 15.0. The molecule has 1 aromatic carbocycles. The van der Waals surface area contributed by atoms with E-state index >= 15 is 0 Å². The fraction of sp³-hybridized carbons (Fsp3) is 0.286. The largest absolute Gasteiger partial charge is 0.147 e. The minimum Gasteiger partial charge on any atom is -0.147 e. The van der Waals surface area contributed by atoms with Crippen molar-refractivity contribution in [2.75, 3.05) is 13.2 Å². The van der Waals surface area contributed by atoms with Gasteiger partial charge in [0.15, 0.2) is 0 Å². The summed E-state index contributed by atoms with van der Waals surface area (Å²) in [4.78, 5) is 23.4. The van der Waals surface area contributed by atoms with Crippen LogP contribution in [0, 0.1) is 0 Å². The van der Waals surface area contributed by atoms with Crippen LogP contribution in [0.2, 0.25) is 11.4 Å². The number of hydrogen-bond donors (Lipinski definition) is 2. The van der Waals surface area contributed by atoms with Gasteiger partial charge in [0.05, 0.1) is 0 Å². The summed E-state index contributed by atoms with van der Waals surface area (Å²) in [5.41, 5.74) is 9.59. The van der Waals surface area contributed by atoms with E-state index in [1.54, 1.807) is 18.2 Å². The van der Waals surface area contributed by atoms with Gasteiger partial charge in [0.25, 0.3) is 0 Å². The number of ether oxygens (including phenoxy) is 1.